The Hall–Kier alpha value is -11.7. The van der Waals surface area contributed by atoms with Gasteiger partial charge in [0.15, 0.2) is 12.4 Å². The number of ketones is 2. The Morgan fingerprint density at radius 1 is 0.663 bits per heavy atom. The monoisotopic (exact) mass is 1440 g/mol. The second-order valence-corrected chi connectivity index (χ2v) is 26.6. The molecule has 0 radical (unpaired) electrons. The van der Waals surface area contributed by atoms with Gasteiger partial charge in [-0.3, -0.25) is 62.5 Å². The minimum atomic E-state index is -1.95. The van der Waals surface area contributed by atoms with Gasteiger partial charge in [-0.05, 0) is 141 Å². The van der Waals surface area contributed by atoms with E-state index in [-0.39, 0.29) is 110 Å². The number of aliphatic imine (C=N–C) groups is 1. The Morgan fingerprint density at radius 3 is 1.88 bits per heavy atom. The number of carbonyl (C=O) groups excluding carboxylic acids is 12. The molecule has 6 heterocycles. The van der Waals surface area contributed by atoms with Crippen LogP contribution in [0.2, 0.25) is 0 Å². The zero-order chi connectivity index (χ0) is 74.9. The maximum absolute atomic E-state index is 15.3. The van der Waals surface area contributed by atoms with Crippen molar-refractivity contribution in [1.82, 2.24) is 57.4 Å². The number of ether oxygens (including phenoxy) is 1. The maximum Gasteiger partial charge on any atom is 0.305 e. The Bertz CT molecular complexity index is 4330. The summed E-state index contributed by atoms with van der Waals surface area (Å²) in [6, 6.07) is 9.93. The molecule has 29 nitrogen and oxygen atoms in total. The van der Waals surface area contributed by atoms with Crippen LogP contribution in [0, 0.1) is 23.5 Å². The molecule has 14 N–H and O–H groups in total. The number of primary amides is 1. The molecule has 10 rings (SSSR count). The summed E-state index contributed by atoms with van der Waals surface area (Å²) >= 11 is 0. The van der Waals surface area contributed by atoms with Crippen molar-refractivity contribution in [2.24, 2.45) is 22.6 Å². The fourth-order valence-corrected chi connectivity index (χ4v) is 12.9. The van der Waals surface area contributed by atoms with Crippen molar-refractivity contribution in [1.29, 1.82) is 0 Å². The highest BCUT2D eigenvalue weighted by Crippen LogP contribution is 2.32. The van der Waals surface area contributed by atoms with Crippen LogP contribution >= 0.6 is 0 Å². The van der Waals surface area contributed by atoms with Crippen molar-refractivity contribution in [3.05, 3.63) is 143 Å². The topological polar surface area (TPSA) is 441 Å². The van der Waals surface area contributed by atoms with Crippen molar-refractivity contribution >= 4 is 105 Å². The van der Waals surface area contributed by atoms with Gasteiger partial charge in [-0.1, -0.05) is 24.3 Å². The Kier molecular flexibility index (Phi) is 25.6. The van der Waals surface area contributed by atoms with Crippen molar-refractivity contribution in [2.45, 2.75) is 146 Å². The van der Waals surface area contributed by atoms with Gasteiger partial charge in [0.1, 0.15) is 64.7 Å². The first-order chi connectivity index (χ1) is 49.6. The van der Waals surface area contributed by atoms with E-state index in [0.29, 0.717) is 27.7 Å². The number of nitrogens with two attached hydrogens (primary N) is 1. The SMILES string of the molecule is CC(=O)C[C@H]1CCCNC(=O)COc2ccc(cc2)C[C@@H](C(N)=O)NC(=O)[C@]2(C)CCCN2C(=O)[C@H](Cc2ccc(O)cc2)NC(=O)[C@H](CC2=CN=CC2)CC(=O)[C@H](CC(=O)O)NC(=O)[C@H](Cc2c[nH]c3ccc(F)cc23)NC(=O)[C@H](Cc2c[nH]c3ccc(F)cc23)NC(=O)CNC(=O)[C@H](C)NC1=O. The molecular weight excluding hydrogens is 1350 g/mol. The van der Waals surface area contributed by atoms with Crippen molar-refractivity contribution < 1.29 is 86.1 Å². The van der Waals surface area contributed by atoms with E-state index in [2.05, 4.69) is 57.5 Å². The molecule has 10 amide bonds. The van der Waals surface area contributed by atoms with Crippen molar-refractivity contribution in [3.8, 4) is 11.5 Å². The number of aromatic nitrogens is 2. The number of phenolic OH excluding ortho intramolecular Hbond substituents is 1. The predicted molar refractivity (Wildman–Crippen MR) is 372 cm³/mol. The van der Waals surface area contributed by atoms with Crippen LogP contribution in [0.5, 0.6) is 11.5 Å². The quantitative estimate of drug-likeness (QED) is 0.0739. The number of fused-ring (bicyclic) bond motifs is 36. The number of aromatic amines is 2. The number of H-pyrrole nitrogens is 2. The number of benzene rings is 4. The van der Waals surface area contributed by atoms with Gasteiger partial charge in [0, 0.05) is 116 Å². The number of aromatic hydroxyl groups is 1. The van der Waals surface area contributed by atoms with Crippen LogP contribution in [-0.2, 0) is 88.0 Å². The summed E-state index contributed by atoms with van der Waals surface area (Å²) in [6.07, 6.45) is 3.24. The van der Waals surface area contributed by atoms with E-state index in [1.165, 1.54) is 111 Å². The van der Waals surface area contributed by atoms with Gasteiger partial charge in [0.05, 0.1) is 19.0 Å². The molecule has 4 aromatic carbocycles. The smallest absolute Gasteiger partial charge is 0.305 e. The van der Waals surface area contributed by atoms with E-state index in [9.17, 15) is 62.1 Å². The van der Waals surface area contributed by atoms with E-state index >= 15 is 19.2 Å². The van der Waals surface area contributed by atoms with Gasteiger partial charge in [-0.15, -0.1) is 0 Å². The normalized spacial score (nSPS) is 23.8. The Labute approximate surface area is 595 Å². The number of carboxylic acid groups (broad SMARTS) is 1. The third-order valence-electron chi connectivity index (χ3n) is 18.6. The lowest BCUT2D eigenvalue weighted by Crippen LogP contribution is -2.62. The molecule has 0 saturated carbocycles. The molecular formula is C73H83F2N13O16. The van der Waals surface area contributed by atoms with Crippen molar-refractivity contribution in [3.63, 3.8) is 0 Å². The average molecular weight is 1440 g/mol. The summed E-state index contributed by atoms with van der Waals surface area (Å²) in [4.78, 5) is 194. The standard InChI is InChI=1S/C73H83F2N13O16/c1-39(89)24-44-6-4-21-78-63(93)38-104-51-15-9-42(10-16-51)26-57(65(76)96)87-72(103)73(3)20-5-23-88(73)71(102)60(27-41-7-13-50(90)14-8-41)86-68(99)45(25-43-19-22-77-34-43)30-61(91)56(33-64(94)95)84-70(101)59(29-47-36-80-55-18-12-49(75)32-53(47)55)85-69(100)58(28-46-35-79-54-17-11-48(74)31-52(46)54)83-62(92)37-81-66(97)40(2)82-67(44)98/h7-18,22,31-32,34-36,40,44-45,56-60,79-80,90H,4-6,19-21,23-30,33,37-38H2,1-3H3,(H2,76,96)(H,78,93)(H,81,97)(H,82,98)(H,83,92)(H,84,101)(H,85,100)(H,86,99)(H,87,103)(H,94,95)/t40-,44+,45+,56-,57-,58-,59-,60-,73-/m0/s1. The Balaban J connectivity index is 1.05. The molecule has 2 aromatic heterocycles. The number of rotatable bonds is 13. The average Bonchev–Trinajstić information content (AvgIpc) is 1.54. The lowest BCUT2D eigenvalue weighted by Gasteiger charge is -2.37. The summed E-state index contributed by atoms with van der Waals surface area (Å²) in [5.74, 6) is -15.2. The van der Waals surface area contributed by atoms with Crippen LogP contribution < -0.4 is 53.0 Å². The number of halogens is 2. The number of hydrogen-bond donors (Lipinski definition) is 13. The molecule has 1 saturated heterocycles. The molecule has 4 aliphatic rings. The number of carbonyl (C=O) groups is 13. The minimum Gasteiger partial charge on any atom is -0.508 e. The molecule has 6 aromatic rings. The molecule has 1 fully saturated rings. The highest BCUT2D eigenvalue weighted by Gasteiger charge is 2.49. The highest BCUT2D eigenvalue weighted by atomic mass is 19.1. The van der Waals surface area contributed by atoms with Gasteiger partial charge >= 0.3 is 5.97 Å². The first-order valence-electron chi connectivity index (χ1n) is 34.0. The number of amides is 10. The molecule has 0 aliphatic carbocycles. The van der Waals surface area contributed by atoms with Crippen LogP contribution in [0.4, 0.5) is 8.78 Å². The first-order valence-corrected chi connectivity index (χ1v) is 34.0. The zero-order valence-electron chi connectivity index (χ0n) is 57.4. The number of nitrogens with one attached hydrogen (secondary N) is 10. The third-order valence-corrected chi connectivity index (χ3v) is 18.6. The van der Waals surface area contributed by atoms with Crippen LogP contribution in [-0.4, -0.2) is 176 Å². The summed E-state index contributed by atoms with van der Waals surface area (Å²) in [6.45, 7) is 2.88. The lowest BCUT2D eigenvalue weighted by atomic mass is 9.89. The van der Waals surface area contributed by atoms with E-state index in [0.717, 1.165) is 6.07 Å². The fourth-order valence-electron chi connectivity index (χ4n) is 12.9. The number of phenols is 1. The van der Waals surface area contributed by atoms with Gasteiger partial charge in [-0.25, -0.2) is 8.78 Å². The summed E-state index contributed by atoms with van der Waals surface area (Å²) in [5, 5.41) is 41.9. The number of hydrogen-bond acceptors (Lipinski definition) is 16. The zero-order valence-corrected chi connectivity index (χ0v) is 57.4. The molecule has 104 heavy (non-hydrogen) atoms. The Morgan fingerprint density at radius 2 is 1.28 bits per heavy atom. The van der Waals surface area contributed by atoms with Crippen LogP contribution in [0.15, 0.2) is 114 Å². The van der Waals surface area contributed by atoms with Crippen LogP contribution in [0.3, 0.4) is 0 Å². The maximum atomic E-state index is 15.3. The summed E-state index contributed by atoms with van der Waals surface area (Å²) < 4.78 is 35.5. The largest absolute Gasteiger partial charge is 0.508 e. The number of aliphatic carboxylic acids is 1. The molecule has 0 spiro atoms. The summed E-state index contributed by atoms with van der Waals surface area (Å²) in [7, 11) is 0. The fraction of sp³-hybridized carbons (Fsp3) is 0.397. The molecule has 550 valence electrons. The molecule has 9 atom stereocenters. The van der Waals surface area contributed by atoms with Gasteiger partial charge in [-0.2, -0.15) is 0 Å². The minimum absolute atomic E-state index is 0.00721. The van der Waals surface area contributed by atoms with E-state index in [4.69, 9.17) is 10.5 Å². The predicted octanol–water partition coefficient (Wildman–Crippen LogP) is 2.50. The highest BCUT2D eigenvalue weighted by molar-refractivity contribution is 6.01. The van der Waals surface area contributed by atoms with Gasteiger partial charge < -0.3 is 82.9 Å². The molecule has 31 heteroatoms. The van der Waals surface area contributed by atoms with E-state index < -0.39 is 175 Å². The first kappa shape index (κ1) is 76.5. The third kappa shape index (κ3) is 20.5. The second-order valence-electron chi connectivity index (χ2n) is 26.6. The van der Waals surface area contributed by atoms with Crippen LogP contribution in [0.25, 0.3) is 21.8 Å². The van der Waals surface area contributed by atoms with Gasteiger partial charge in [0.2, 0.25) is 53.2 Å². The number of allylic oxidation sites excluding steroid dienone is 1. The van der Waals surface area contributed by atoms with E-state index in [1.807, 2.05) is 0 Å². The van der Waals surface area contributed by atoms with Gasteiger partial charge in [0.25, 0.3) is 5.91 Å². The number of nitrogens with zero attached hydrogens (tertiary/aromatic N) is 2. The molecule has 0 unspecified atom stereocenters. The molecule has 2 bridgehead atoms. The second kappa shape index (κ2) is 34.8. The van der Waals surface area contributed by atoms with E-state index in [1.54, 1.807) is 18.3 Å². The van der Waals surface area contributed by atoms with Crippen molar-refractivity contribution in [2.75, 3.05) is 26.2 Å². The van der Waals surface area contributed by atoms with Crippen LogP contribution in [0.1, 0.15) is 101 Å². The lowest BCUT2D eigenvalue weighted by molar-refractivity contribution is -0.147. The molecule has 4 aliphatic heterocycles. The number of Topliss-reactive ketones (excluding diaryl/α,β-unsaturated/α-hetero) is 2. The summed E-state index contributed by atoms with van der Waals surface area (Å²) in [5.41, 5.74) is 7.05. The number of carboxylic acids is 1.